The van der Waals surface area contributed by atoms with Gasteiger partial charge >= 0.3 is 0 Å². The molecular formula is C13H14ClN3O4S. The molecule has 2 heterocycles. The topological polar surface area (TPSA) is 111 Å². The van der Waals surface area contributed by atoms with E-state index in [1.54, 1.807) is 13.2 Å². The van der Waals surface area contributed by atoms with Gasteiger partial charge in [-0.3, -0.25) is 9.59 Å². The predicted molar refractivity (Wildman–Crippen MR) is 82.3 cm³/mol. The minimum absolute atomic E-state index is 0. The van der Waals surface area contributed by atoms with Crippen LogP contribution in [0.4, 0.5) is 0 Å². The van der Waals surface area contributed by atoms with Gasteiger partial charge in [0.1, 0.15) is 16.3 Å². The van der Waals surface area contributed by atoms with Crippen LogP contribution in [-0.4, -0.2) is 31.1 Å². The molecule has 22 heavy (non-hydrogen) atoms. The monoisotopic (exact) mass is 343 g/mol. The van der Waals surface area contributed by atoms with Crippen LogP contribution in [0, 0.1) is 0 Å². The normalized spacial score (nSPS) is 18.5. The number of hydrogen-bond acceptors (Lipinski definition) is 6. The average Bonchev–Trinajstić information content (AvgIpc) is 2.72. The number of carbonyl (C=O) groups is 2. The second-order valence-corrected chi connectivity index (χ2v) is 6.65. The smallest absolute Gasteiger partial charge is 0.227 e. The van der Waals surface area contributed by atoms with Crippen molar-refractivity contribution in [3.05, 3.63) is 45.2 Å². The lowest BCUT2D eigenvalue weighted by Crippen LogP contribution is -2.34. The number of nitrogens with zero attached hydrogens (tertiary/aromatic N) is 1. The summed E-state index contributed by atoms with van der Waals surface area (Å²) in [7, 11) is -2.26. The molecule has 1 aliphatic carbocycles. The van der Waals surface area contributed by atoms with E-state index in [2.05, 4.69) is 5.32 Å². The molecule has 3 N–H and O–H groups in total. The first kappa shape index (κ1) is 16.5. The summed E-state index contributed by atoms with van der Waals surface area (Å²) in [4.78, 5) is 24.6. The van der Waals surface area contributed by atoms with Gasteiger partial charge in [0.25, 0.3) is 0 Å². The van der Waals surface area contributed by atoms with Gasteiger partial charge in [-0.05, 0) is 18.5 Å². The first-order valence-electron chi connectivity index (χ1n) is 6.28. The maximum absolute atomic E-state index is 12.6. The number of nitrogens with two attached hydrogens (primary N) is 1. The number of aromatic nitrogens is 1. The van der Waals surface area contributed by atoms with Crippen molar-refractivity contribution < 1.29 is 18.0 Å². The molecule has 0 radical (unpaired) electrons. The van der Waals surface area contributed by atoms with E-state index in [-0.39, 0.29) is 29.4 Å². The van der Waals surface area contributed by atoms with Crippen LogP contribution in [0.3, 0.4) is 0 Å². The van der Waals surface area contributed by atoms with Crippen molar-refractivity contribution in [1.29, 1.82) is 0 Å². The third-order valence-electron chi connectivity index (χ3n) is 3.54. The molecule has 7 nitrogen and oxygen atoms in total. The third-order valence-corrected chi connectivity index (χ3v) is 4.99. The predicted octanol–water partition coefficient (Wildman–Crippen LogP) is 0.0279. The molecule has 1 aromatic rings. The van der Waals surface area contributed by atoms with Crippen molar-refractivity contribution in [3.8, 4) is 0 Å². The third kappa shape index (κ3) is 2.11. The lowest BCUT2D eigenvalue weighted by atomic mass is 9.94. The van der Waals surface area contributed by atoms with Gasteiger partial charge in [-0.25, -0.2) is 8.42 Å². The van der Waals surface area contributed by atoms with Crippen LogP contribution in [0.2, 0.25) is 0 Å². The van der Waals surface area contributed by atoms with E-state index >= 15 is 0 Å². The summed E-state index contributed by atoms with van der Waals surface area (Å²) in [6.45, 7) is 0.300. The van der Waals surface area contributed by atoms with Gasteiger partial charge in [0.2, 0.25) is 21.4 Å². The van der Waals surface area contributed by atoms with Crippen LogP contribution in [0.25, 0.3) is 0 Å². The zero-order valence-corrected chi connectivity index (χ0v) is 13.3. The van der Waals surface area contributed by atoms with E-state index in [0.29, 0.717) is 18.5 Å². The maximum Gasteiger partial charge on any atom is 0.227 e. The first-order valence-corrected chi connectivity index (χ1v) is 7.83. The number of hydrogen-bond donors (Lipinski definition) is 2. The van der Waals surface area contributed by atoms with Crippen LogP contribution in [-0.2, 0) is 23.3 Å². The average molecular weight is 344 g/mol. The van der Waals surface area contributed by atoms with Gasteiger partial charge in [0, 0.05) is 19.4 Å². The van der Waals surface area contributed by atoms with Gasteiger partial charge in [-0.15, -0.1) is 12.4 Å². The van der Waals surface area contributed by atoms with Crippen molar-refractivity contribution >= 4 is 33.8 Å². The van der Waals surface area contributed by atoms with Crippen molar-refractivity contribution in [1.82, 2.24) is 9.88 Å². The Labute approximate surface area is 133 Å². The lowest BCUT2D eigenvalue weighted by Gasteiger charge is -2.21. The number of halogens is 1. The van der Waals surface area contributed by atoms with Gasteiger partial charge < -0.3 is 15.6 Å². The number of allylic oxidation sites excluding steroid dienone is 2. The fourth-order valence-electron chi connectivity index (χ4n) is 2.69. The molecule has 9 heteroatoms. The standard InChI is InChI=1S/C13H13N3O4S.ClH/c1-16-6-7(2-3-14)8-10(16)12(18)9-13(11(8)17)21(19,20)5-4-15-9;/h4-6,15H,2-3,14H2,1H3;1H. The summed E-state index contributed by atoms with van der Waals surface area (Å²) < 4.78 is 25.7. The molecule has 0 saturated heterocycles. The molecular weight excluding hydrogens is 330 g/mol. The molecule has 0 saturated carbocycles. The fraction of sp³-hybridized carbons (Fsp3) is 0.231. The minimum Gasteiger partial charge on any atom is -0.357 e. The summed E-state index contributed by atoms with van der Waals surface area (Å²) in [5, 5.41) is 3.46. The summed E-state index contributed by atoms with van der Waals surface area (Å²) >= 11 is 0. The largest absolute Gasteiger partial charge is 0.357 e. The number of aryl methyl sites for hydroxylation is 1. The van der Waals surface area contributed by atoms with E-state index < -0.39 is 26.3 Å². The zero-order chi connectivity index (χ0) is 15.4. The quantitative estimate of drug-likeness (QED) is 0.783. The molecule has 118 valence electrons. The number of Topliss-reactive ketones (excluding diaryl/α,β-unsaturated/α-hetero) is 2. The molecule has 0 amide bonds. The highest BCUT2D eigenvalue weighted by Gasteiger charge is 2.42. The van der Waals surface area contributed by atoms with E-state index in [1.807, 2.05) is 0 Å². The van der Waals surface area contributed by atoms with Crippen molar-refractivity contribution in [2.24, 2.45) is 12.8 Å². The van der Waals surface area contributed by atoms with Crippen molar-refractivity contribution in [3.63, 3.8) is 0 Å². The molecule has 0 bridgehead atoms. The van der Waals surface area contributed by atoms with Crippen LogP contribution in [0.1, 0.15) is 26.4 Å². The lowest BCUT2D eigenvalue weighted by molar-refractivity contribution is 0.0970. The van der Waals surface area contributed by atoms with Crippen molar-refractivity contribution in [2.75, 3.05) is 6.54 Å². The summed E-state index contributed by atoms with van der Waals surface area (Å²) in [6.07, 6.45) is 3.19. The number of fused-ring (bicyclic) bond motifs is 1. The summed E-state index contributed by atoms with van der Waals surface area (Å²) in [5.74, 6) is -1.15. The molecule has 1 aromatic heterocycles. The molecule has 0 aromatic carbocycles. The van der Waals surface area contributed by atoms with Crippen LogP contribution in [0.15, 0.2) is 28.4 Å². The van der Waals surface area contributed by atoms with E-state index in [9.17, 15) is 18.0 Å². The Hall–Kier alpha value is -1.90. The summed E-state index contributed by atoms with van der Waals surface area (Å²) in [5.41, 5.74) is 6.25. The van der Waals surface area contributed by atoms with E-state index in [1.165, 1.54) is 4.57 Å². The van der Waals surface area contributed by atoms with Gasteiger partial charge in [0.05, 0.1) is 11.0 Å². The SMILES string of the molecule is Cl.Cn1cc(CCN)c2c1C(=O)C1=C(C2=O)S(=O)(=O)C=CN1. The molecule has 0 spiro atoms. The fourth-order valence-corrected chi connectivity index (χ4v) is 3.87. The summed E-state index contributed by atoms with van der Waals surface area (Å²) in [6, 6.07) is 0. The Balaban J connectivity index is 0.00000176. The van der Waals surface area contributed by atoms with E-state index in [4.69, 9.17) is 5.73 Å². The number of carbonyl (C=O) groups excluding carboxylic acids is 2. The molecule has 1 aliphatic heterocycles. The Morgan fingerprint density at radius 3 is 2.59 bits per heavy atom. The highest BCUT2D eigenvalue weighted by Crippen LogP contribution is 2.33. The first-order chi connectivity index (χ1) is 9.88. The van der Waals surface area contributed by atoms with Crippen LogP contribution < -0.4 is 11.1 Å². The minimum atomic E-state index is -3.91. The Kier molecular flexibility index (Phi) is 4.03. The highest BCUT2D eigenvalue weighted by atomic mass is 35.5. The molecule has 2 aliphatic rings. The Bertz CT molecular complexity index is 849. The van der Waals surface area contributed by atoms with Crippen molar-refractivity contribution in [2.45, 2.75) is 6.42 Å². The number of nitrogens with one attached hydrogen (secondary N) is 1. The second kappa shape index (κ2) is 5.38. The zero-order valence-electron chi connectivity index (χ0n) is 11.6. The van der Waals surface area contributed by atoms with E-state index in [0.717, 1.165) is 11.6 Å². The van der Waals surface area contributed by atoms with Gasteiger partial charge in [-0.2, -0.15) is 0 Å². The Morgan fingerprint density at radius 2 is 1.95 bits per heavy atom. The highest BCUT2D eigenvalue weighted by molar-refractivity contribution is 7.99. The number of ketones is 2. The van der Waals surface area contributed by atoms with Gasteiger partial charge in [0.15, 0.2) is 0 Å². The molecule has 3 rings (SSSR count). The molecule has 0 fully saturated rings. The van der Waals surface area contributed by atoms with Crippen LogP contribution >= 0.6 is 12.4 Å². The molecule has 0 atom stereocenters. The number of sulfone groups is 1. The second-order valence-electron chi connectivity index (χ2n) is 4.88. The molecule has 0 unspecified atom stereocenters. The van der Waals surface area contributed by atoms with Gasteiger partial charge in [-0.1, -0.05) is 0 Å². The number of rotatable bonds is 2. The maximum atomic E-state index is 12.6. The Morgan fingerprint density at radius 1 is 1.27 bits per heavy atom. The van der Waals surface area contributed by atoms with Crippen LogP contribution in [0.5, 0.6) is 0 Å².